The summed E-state index contributed by atoms with van der Waals surface area (Å²) in [6.07, 6.45) is -0.873. The van der Waals surface area contributed by atoms with Crippen molar-refractivity contribution in [2.45, 2.75) is 11.0 Å². The predicted molar refractivity (Wildman–Crippen MR) is 42.3 cm³/mol. The summed E-state index contributed by atoms with van der Waals surface area (Å²) in [5.41, 5.74) is 0.470. The highest BCUT2D eigenvalue weighted by atomic mass is 32.2. The van der Waals surface area contributed by atoms with Crippen LogP contribution in [0.4, 0.5) is 0 Å². The first-order chi connectivity index (χ1) is 5.61. The summed E-state index contributed by atoms with van der Waals surface area (Å²) >= 11 is 0. The highest BCUT2D eigenvalue weighted by Gasteiger charge is 2.32. The van der Waals surface area contributed by atoms with Crippen LogP contribution in [0, 0.1) is 6.07 Å². The first kappa shape index (κ1) is 7.76. The van der Waals surface area contributed by atoms with Gasteiger partial charge in [-0.2, -0.15) is 0 Å². The Hall–Kier alpha value is -0.870. The van der Waals surface area contributed by atoms with Gasteiger partial charge in [-0.1, -0.05) is 6.07 Å². The summed E-state index contributed by atoms with van der Waals surface area (Å²) in [5, 5.41) is 9.32. The number of hydrogen-bond donors (Lipinski definition) is 1. The van der Waals surface area contributed by atoms with Crippen LogP contribution in [0.1, 0.15) is 11.7 Å². The standard InChI is InChI=1S/C8H7O3S/c9-7-5-12(10,11)8-4-2-1-3-6(7)8/h2-4,7,9H,5H2. The van der Waals surface area contributed by atoms with E-state index in [0.29, 0.717) is 5.56 Å². The summed E-state index contributed by atoms with van der Waals surface area (Å²) in [6.45, 7) is 0. The van der Waals surface area contributed by atoms with Crippen molar-refractivity contribution in [3.63, 3.8) is 0 Å². The van der Waals surface area contributed by atoms with Gasteiger partial charge in [-0.25, -0.2) is 8.42 Å². The molecule has 0 spiro atoms. The molecule has 0 saturated heterocycles. The minimum atomic E-state index is -3.22. The predicted octanol–water partition coefficient (Wildman–Crippen LogP) is 0.307. The lowest BCUT2D eigenvalue weighted by Crippen LogP contribution is -2.01. The van der Waals surface area contributed by atoms with Gasteiger partial charge in [0.15, 0.2) is 9.84 Å². The smallest absolute Gasteiger partial charge is 0.181 e. The van der Waals surface area contributed by atoms with E-state index in [1.165, 1.54) is 18.2 Å². The van der Waals surface area contributed by atoms with Crippen LogP contribution in [0.15, 0.2) is 23.1 Å². The molecule has 1 N–H and O–H groups in total. The Morgan fingerprint density at radius 2 is 2.33 bits per heavy atom. The van der Waals surface area contributed by atoms with Crippen molar-refractivity contribution >= 4 is 9.84 Å². The zero-order chi connectivity index (χ0) is 8.77. The largest absolute Gasteiger partial charge is 0.387 e. The second kappa shape index (κ2) is 2.31. The number of benzene rings is 1. The third kappa shape index (κ3) is 0.956. The highest BCUT2D eigenvalue weighted by molar-refractivity contribution is 7.91. The minimum Gasteiger partial charge on any atom is -0.387 e. The van der Waals surface area contributed by atoms with Crippen LogP contribution in [0.25, 0.3) is 0 Å². The maximum Gasteiger partial charge on any atom is 0.181 e. The molecule has 0 bridgehead atoms. The number of fused-ring (bicyclic) bond motifs is 1. The molecule has 1 atom stereocenters. The first-order valence-corrected chi connectivity index (χ1v) is 5.17. The van der Waals surface area contributed by atoms with Crippen LogP contribution in [0.5, 0.6) is 0 Å². The summed E-state index contributed by atoms with van der Waals surface area (Å²) in [6, 6.07) is 7.26. The van der Waals surface area contributed by atoms with Gasteiger partial charge < -0.3 is 5.11 Å². The topological polar surface area (TPSA) is 54.4 Å². The molecular weight excluding hydrogens is 176 g/mol. The molecule has 1 aromatic carbocycles. The number of aliphatic hydroxyl groups excluding tert-OH is 1. The maximum absolute atomic E-state index is 11.3. The van der Waals surface area contributed by atoms with E-state index in [-0.39, 0.29) is 10.6 Å². The van der Waals surface area contributed by atoms with Crippen LogP contribution in [0.3, 0.4) is 0 Å². The minimum absolute atomic E-state index is 0.194. The second-order valence-electron chi connectivity index (χ2n) is 2.76. The summed E-state index contributed by atoms with van der Waals surface area (Å²) in [4.78, 5) is 0.244. The van der Waals surface area contributed by atoms with Crippen molar-refractivity contribution in [1.82, 2.24) is 0 Å². The van der Waals surface area contributed by atoms with Crippen LogP contribution < -0.4 is 0 Å². The molecule has 12 heavy (non-hydrogen) atoms. The molecule has 63 valence electrons. The van der Waals surface area contributed by atoms with Gasteiger partial charge in [0.05, 0.1) is 16.8 Å². The second-order valence-corrected chi connectivity index (χ2v) is 4.76. The van der Waals surface area contributed by atoms with Crippen LogP contribution in [-0.2, 0) is 9.84 Å². The Bertz CT molecular complexity index is 408. The lowest BCUT2D eigenvalue weighted by Gasteiger charge is -1.97. The van der Waals surface area contributed by atoms with Gasteiger partial charge >= 0.3 is 0 Å². The fourth-order valence-corrected chi connectivity index (χ4v) is 2.96. The van der Waals surface area contributed by atoms with E-state index in [0.717, 1.165) is 0 Å². The van der Waals surface area contributed by atoms with E-state index in [4.69, 9.17) is 0 Å². The zero-order valence-corrected chi connectivity index (χ0v) is 7.00. The van der Waals surface area contributed by atoms with E-state index in [9.17, 15) is 13.5 Å². The van der Waals surface area contributed by atoms with Gasteiger partial charge in [-0.15, -0.1) is 0 Å². The third-order valence-electron chi connectivity index (χ3n) is 1.93. The number of hydrogen-bond acceptors (Lipinski definition) is 3. The lowest BCUT2D eigenvalue weighted by atomic mass is 10.1. The normalized spacial score (nSPS) is 25.2. The molecular formula is C8H7O3S. The molecule has 0 saturated carbocycles. The SMILES string of the molecule is O=S1(=O)CC(O)c2c[c]ccc21. The summed E-state index contributed by atoms with van der Waals surface area (Å²) in [7, 11) is -3.22. The van der Waals surface area contributed by atoms with Crippen molar-refractivity contribution in [3.8, 4) is 0 Å². The van der Waals surface area contributed by atoms with E-state index in [1.807, 2.05) is 0 Å². The molecule has 1 aliphatic heterocycles. The molecule has 4 heteroatoms. The lowest BCUT2D eigenvalue weighted by molar-refractivity contribution is 0.204. The van der Waals surface area contributed by atoms with E-state index >= 15 is 0 Å². The van der Waals surface area contributed by atoms with Crippen molar-refractivity contribution in [2.24, 2.45) is 0 Å². The average molecular weight is 183 g/mol. The average Bonchev–Trinajstić information content (AvgIpc) is 2.25. The Kier molecular flexibility index (Phi) is 1.49. The first-order valence-electron chi connectivity index (χ1n) is 3.52. The Morgan fingerprint density at radius 3 is 3.00 bits per heavy atom. The summed E-state index contributed by atoms with van der Waals surface area (Å²) in [5.74, 6) is -0.194. The van der Waals surface area contributed by atoms with Crippen molar-refractivity contribution in [2.75, 3.05) is 5.75 Å². The van der Waals surface area contributed by atoms with Gasteiger partial charge in [0.2, 0.25) is 0 Å². The van der Waals surface area contributed by atoms with Gasteiger partial charge in [-0.3, -0.25) is 0 Å². The van der Waals surface area contributed by atoms with Crippen LogP contribution in [0.2, 0.25) is 0 Å². The van der Waals surface area contributed by atoms with E-state index in [2.05, 4.69) is 6.07 Å². The fourth-order valence-electron chi connectivity index (χ4n) is 1.36. The molecule has 1 heterocycles. The van der Waals surface area contributed by atoms with Crippen molar-refractivity contribution in [3.05, 3.63) is 29.8 Å². The van der Waals surface area contributed by atoms with Gasteiger partial charge in [-0.05, 0) is 18.2 Å². The Labute approximate surface area is 70.6 Å². The highest BCUT2D eigenvalue weighted by Crippen LogP contribution is 2.32. The number of sulfone groups is 1. The van der Waals surface area contributed by atoms with E-state index < -0.39 is 15.9 Å². The van der Waals surface area contributed by atoms with Gasteiger partial charge in [0.1, 0.15) is 0 Å². The van der Waals surface area contributed by atoms with Gasteiger partial charge in [0, 0.05) is 5.56 Å². The summed E-state index contributed by atoms with van der Waals surface area (Å²) < 4.78 is 22.6. The Balaban J connectivity index is 2.74. The molecule has 0 fully saturated rings. The molecule has 0 amide bonds. The quantitative estimate of drug-likeness (QED) is 0.629. The van der Waals surface area contributed by atoms with Crippen molar-refractivity contribution < 1.29 is 13.5 Å². The van der Waals surface area contributed by atoms with Gasteiger partial charge in [0.25, 0.3) is 0 Å². The van der Waals surface area contributed by atoms with E-state index in [1.54, 1.807) is 0 Å². The molecule has 1 aromatic rings. The number of rotatable bonds is 0. The molecule has 1 unspecified atom stereocenters. The van der Waals surface area contributed by atoms with Crippen LogP contribution >= 0.6 is 0 Å². The number of aliphatic hydroxyl groups is 1. The molecule has 0 aromatic heterocycles. The van der Waals surface area contributed by atoms with Crippen molar-refractivity contribution in [1.29, 1.82) is 0 Å². The molecule has 0 aliphatic carbocycles. The molecule has 3 nitrogen and oxygen atoms in total. The molecule has 2 rings (SSSR count). The molecule has 1 radical (unpaired) electrons. The monoisotopic (exact) mass is 183 g/mol. The van der Waals surface area contributed by atoms with Crippen LogP contribution in [-0.4, -0.2) is 19.3 Å². The fraction of sp³-hybridized carbons (Fsp3) is 0.250. The maximum atomic E-state index is 11.3. The zero-order valence-electron chi connectivity index (χ0n) is 6.19. The third-order valence-corrected chi connectivity index (χ3v) is 3.72. The Morgan fingerprint density at radius 1 is 1.58 bits per heavy atom. The molecule has 1 aliphatic rings.